The number of carbonyl (C=O) groups excluding carboxylic acids is 1. The highest BCUT2D eigenvalue weighted by molar-refractivity contribution is 6.03. The quantitative estimate of drug-likeness (QED) is 0.352. The number of Topliss-reactive ketones (excluding diaryl/α,β-unsaturated/α-hetero) is 1. The molecule has 0 saturated carbocycles. The van der Waals surface area contributed by atoms with Crippen LogP contribution in [0.25, 0.3) is 0 Å². The van der Waals surface area contributed by atoms with Crippen molar-refractivity contribution in [1.82, 2.24) is 0 Å². The smallest absolute Gasteiger partial charge is 0.285 e. The predicted molar refractivity (Wildman–Crippen MR) is 54.1 cm³/mol. The number of nitrogens with zero attached hydrogens (tertiary/aromatic N) is 1. The van der Waals surface area contributed by atoms with Crippen molar-refractivity contribution in [2.75, 3.05) is 12.8 Å². The molecule has 0 unspecified atom stereocenters. The van der Waals surface area contributed by atoms with Crippen LogP contribution in [-0.2, 0) is 0 Å². The lowest BCUT2D eigenvalue weighted by atomic mass is 10.1. The van der Waals surface area contributed by atoms with Gasteiger partial charge in [-0.1, -0.05) is 0 Å². The van der Waals surface area contributed by atoms with E-state index in [0.29, 0.717) is 0 Å². The minimum absolute atomic E-state index is 0.0496. The van der Waals surface area contributed by atoms with E-state index in [1.807, 2.05) is 0 Å². The number of carbonyl (C=O) groups is 1. The summed E-state index contributed by atoms with van der Waals surface area (Å²) in [6.07, 6.45) is 0. The number of hydrogen-bond donors (Lipinski definition) is 1. The van der Waals surface area contributed by atoms with Crippen LogP contribution < -0.4 is 10.5 Å². The van der Waals surface area contributed by atoms with Gasteiger partial charge in [0.2, 0.25) is 0 Å². The molecule has 0 aliphatic rings. The zero-order chi connectivity index (χ0) is 11.6. The number of nitrogens with two attached hydrogens (primary N) is 1. The molecule has 1 aromatic rings. The van der Waals surface area contributed by atoms with Crippen LogP contribution in [0.1, 0.15) is 17.3 Å². The minimum Gasteiger partial charge on any atom is -0.496 e. The first-order valence-corrected chi connectivity index (χ1v) is 4.10. The van der Waals surface area contributed by atoms with Crippen molar-refractivity contribution < 1.29 is 14.5 Å². The van der Waals surface area contributed by atoms with Crippen LogP contribution in [0.2, 0.25) is 0 Å². The summed E-state index contributed by atoms with van der Waals surface area (Å²) >= 11 is 0. The Balaban J connectivity index is 3.49. The topological polar surface area (TPSA) is 95.5 Å². The number of nitro benzene ring substituents is 1. The second-order valence-corrected chi connectivity index (χ2v) is 2.92. The molecule has 0 amide bonds. The summed E-state index contributed by atoms with van der Waals surface area (Å²) in [5.41, 5.74) is 5.16. The lowest BCUT2D eigenvalue weighted by molar-refractivity contribution is -0.385. The molecule has 1 aromatic carbocycles. The third-order valence-corrected chi connectivity index (χ3v) is 1.91. The van der Waals surface area contributed by atoms with Crippen molar-refractivity contribution in [1.29, 1.82) is 0 Å². The van der Waals surface area contributed by atoms with E-state index in [4.69, 9.17) is 10.5 Å². The van der Waals surface area contributed by atoms with Gasteiger partial charge < -0.3 is 10.5 Å². The second kappa shape index (κ2) is 3.95. The molecule has 15 heavy (non-hydrogen) atoms. The average Bonchev–Trinajstić information content (AvgIpc) is 2.15. The number of methoxy groups -OCH3 is 1. The van der Waals surface area contributed by atoms with Crippen molar-refractivity contribution in [3.8, 4) is 5.75 Å². The van der Waals surface area contributed by atoms with E-state index < -0.39 is 10.7 Å². The molecule has 0 aromatic heterocycles. The Kier molecular flexibility index (Phi) is 2.89. The third-order valence-electron chi connectivity index (χ3n) is 1.91. The third kappa shape index (κ3) is 2.04. The molecule has 0 saturated heterocycles. The molecule has 80 valence electrons. The lowest BCUT2D eigenvalue weighted by Gasteiger charge is -2.06. The summed E-state index contributed by atoms with van der Waals surface area (Å²) in [7, 11) is 1.37. The van der Waals surface area contributed by atoms with E-state index in [1.165, 1.54) is 26.2 Å². The van der Waals surface area contributed by atoms with Gasteiger partial charge in [-0.15, -0.1) is 0 Å². The molecule has 0 aliphatic heterocycles. The van der Waals surface area contributed by atoms with Gasteiger partial charge in [-0.05, 0) is 6.92 Å². The standard InChI is InChI=1S/C9H10N2O4/c1-5(12)9-7(10)3-6(15-2)4-8(9)11(13)14/h3-4H,10H2,1-2H3. The Bertz CT molecular complexity index is 428. The lowest BCUT2D eigenvalue weighted by Crippen LogP contribution is -2.05. The van der Waals surface area contributed by atoms with E-state index in [-0.39, 0.29) is 22.7 Å². The SMILES string of the molecule is COc1cc(N)c(C(C)=O)c([N+](=O)[O-])c1. The normalized spacial score (nSPS) is 9.73. The van der Waals surface area contributed by atoms with E-state index in [9.17, 15) is 14.9 Å². The predicted octanol–water partition coefficient (Wildman–Crippen LogP) is 1.39. The number of nitro groups is 1. The maximum atomic E-state index is 11.2. The Morgan fingerprint density at radius 3 is 2.53 bits per heavy atom. The van der Waals surface area contributed by atoms with Crippen molar-refractivity contribution in [3.63, 3.8) is 0 Å². The van der Waals surface area contributed by atoms with Gasteiger partial charge in [0.25, 0.3) is 5.69 Å². The van der Waals surface area contributed by atoms with Crippen LogP contribution in [0.15, 0.2) is 12.1 Å². The maximum absolute atomic E-state index is 11.2. The van der Waals surface area contributed by atoms with Gasteiger partial charge in [-0.3, -0.25) is 14.9 Å². The summed E-state index contributed by atoms with van der Waals surface area (Å²) in [5, 5.41) is 10.7. The Hall–Kier alpha value is -2.11. The molecule has 1 rings (SSSR count). The number of hydrogen-bond acceptors (Lipinski definition) is 5. The van der Waals surface area contributed by atoms with E-state index in [0.717, 1.165) is 0 Å². The Labute approximate surface area is 85.8 Å². The van der Waals surface area contributed by atoms with Gasteiger partial charge in [-0.25, -0.2) is 0 Å². The van der Waals surface area contributed by atoms with Gasteiger partial charge in [0.15, 0.2) is 5.78 Å². The highest BCUT2D eigenvalue weighted by Gasteiger charge is 2.21. The first-order valence-electron chi connectivity index (χ1n) is 4.10. The largest absolute Gasteiger partial charge is 0.496 e. The van der Waals surface area contributed by atoms with Crippen LogP contribution in [-0.4, -0.2) is 17.8 Å². The summed E-state index contributed by atoms with van der Waals surface area (Å²) in [6.45, 7) is 1.23. The fraction of sp³-hybridized carbons (Fsp3) is 0.222. The summed E-state index contributed by atoms with van der Waals surface area (Å²) < 4.78 is 4.82. The molecular formula is C9H10N2O4. The Morgan fingerprint density at radius 1 is 1.53 bits per heavy atom. The van der Waals surface area contributed by atoms with E-state index in [1.54, 1.807) is 0 Å². The summed E-state index contributed by atoms with van der Waals surface area (Å²) in [4.78, 5) is 21.2. The van der Waals surface area contributed by atoms with Crippen LogP contribution in [0.5, 0.6) is 5.75 Å². The molecule has 2 N–H and O–H groups in total. The van der Waals surface area contributed by atoms with E-state index in [2.05, 4.69) is 0 Å². The summed E-state index contributed by atoms with van der Waals surface area (Å²) in [5.74, 6) is -0.189. The molecular weight excluding hydrogens is 200 g/mol. The maximum Gasteiger partial charge on any atom is 0.285 e. The highest BCUT2D eigenvalue weighted by Crippen LogP contribution is 2.30. The van der Waals surface area contributed by atoms with Crippen LogP contribution in [0, 0.1) is 10.1 Å². The number of rotatable bonds is 3. The molecule has 0 bridgehead atoms. The minimum atomic E-state index is -0.657. The molecule has 0 atom stereocenters. The summed E-state index contributed by atoms with van der Waals surface area (Å²) in [6, 6.07) is 2.55. The zero-order valence-electron chi connectivity index (χ0n) is 8.31. The van der Waals surface area contributed by atoms with Crippen molar-refractivity contribution in [3.05, 3.63) is 27.8 Å². The highest BCUT2D eigenvalue weighted by atomic mass is 16.6. The van der Waals surface area contributed by atoms with Crippen LogP contribution >= 0.6 is 0 Å². The molecule has 0 fully saturated rings. The number of benzene rings is 1. The number of ether oxygens (including phenoxy) is 1. The average molecular weight is 210 g/mol. The molecule has 0 aliphatic carbocycles. The van der Waals surface area contributed by atoms with Gasteiger partial charge in [0, 0.05) is 6.07 Å². The first-order chi connectivity index (χ1) is 6.97. The first kappa shape index (κ1) is 11.0. The zero-order valence-corrected chi connectivity index (χ0v) is 8.31. The fourth-order valence-corrected chi connectivity index (χ4v) is 1.27. The Morgan fingerprint density at radius 2 is 2.13 bits per heavy atom. The van der Waals surface area contributed by atoms with Crippen molar-refractivity contribution >= 4 is 17.2 Å². The number of nitrogen functional groups attached to an aromatic ring is 1. The van der Waals surface area contributed by atoms with Gasteiger partial charge in [-0.2, -0.15) is 0 Å². The number of ketones is 1. The van der Waals surface area contributed by atoms with Crippen LogP contribution in [0.3, 0.4) is 0 Å². The second-order valence-electron chi connectivity index (χ2n) is 2.92. The number of anilines is 1. The monoisotopic (exact) mass is 210 g/mol. The molecule has 6 heteroatoms. The van der Waals surface area contributed by atoms with Crippen molar-refractivity contribution in [2.24, 2.45) is 0 Å². The molecule has 0 spiro atoms. The van der Waals surface area contributed by atoms with E-state index >= 15 is 0 Å². The van der Waals surface area contributed by atoms with Gasteiger partial charge in [0.05, 0.1) is 23.8 Å². The molecule has 0 heterocycles. The fourth-order valence-electron chi connectivity index (χ4n) is 1.27. The van der Waals surface area contributed by atoms with Crippen LogP contribution in [0.4, 0.5) is 11.4 Å². The molecule has 6 nitrogen and oxygen atoms in total. The van der Waals surface area contributed by atoms with Gasteiger partial charge >= 0.3 is 0 Å². The van der Waals surface area contributed by atoms with Crippen molar-refractivity contribution in [2.45, 2.75) is 6.92 Å². The molecule has 0 radical (unpaired) electrons. The van der Waals surface area contributed by atoms with Gasteiger partial charge in [0.1, 0.15) is 11.3 Å².